The molecular weight excluding hydrogens is 430 g/mol. The van der Waals surface area contributed by atoms with E-state index in [-0.39, 0.29) is 17.9 Å². The summed E-state index contributed by atoms with van der Waals surface area (Å²) >= 11 is 0. The van der Waals surface area contributed by atoms with Gasteiger partial charge >= 0.3 is 0 Å². The Hall–Kier alpha value is -3.87. The Morgan fingerprint density at radius 3 is 2.71 bits per heavy atom. The highest BCUT2D eigenvalue weighted by Gasteiger charge is 2.36. The van der Waals surface area contributed by atoms with Crippen LogP contribution in [0, 0.1) is 6.92 Å². The van der Waals surface area contributed by atoms with Crippen LogP contribution in [-0.2, 0) is 12.8 Å². The number of rotatable bonds is 4. The number of nitrogens with one attached hydrogen (secondary N) is 1. The van der Waals surface area contributed by atoms with Crippen LogP contribution in [0.1, 0.15) is 63.1 Å². The topological polar surface area (TPSA) is 84.1 Å². The standard InChI is InChI=1S/C27H27N3O4/c1-16-15-18-9-4-6-12-21(18)30(16)27(32)25-17(2)24-20(11-8-14-23(24)34-25)28-29-26(31)19-10-5-7-13-22(19)33-3/h4-7,9-10,12-13,16H,8,11,14-15H2,1-3H3,(H,29,31)/b28-20+. The van der Waals surface area contributed by atoms with Gasteiger partial charge in [-0.05, 0) is 56.9 Å². The second-order valence-corrected chi connectivity index (χ2v) is 8.76. The Bertz CT molecular complexity index is 1310. The van der Waals surface area contributed by atoms with E-state index in [2.05, 4.69) is 23.5 Å². The summed E-state index contributed by atoms with van der Waals surface area (Å²) in [6, 6.07) is 15.1. The normalized spacial score (nSPS) is 17.9. The van der Waals surface area contributed by atoms with E-state index in [9.17, 15) is 9.59 Å². The molecular formula is C27H27N3O4. The van der Waals surface area contributed by atoms with Crippen molar-refractivity contribution in [3.8, 4) is 5.75 Å². The molecule has 2 aromatic carbocycles. The summed E-state index contributed by atoms with van der Waals surface area (Å²) < 4.78 is 11.4. The third-order valence-corrected chi connectivity index (χ3v) is 6.59. The number of methoxy groups -OCH3 is 1. The summed E-state index contributed by atoms with van der Waals surface area (Å²) in [6.45, 7) is 3.95. The first-order valence-corrected chi connectivity index (χ1v) is 11.5. The number of carbonyl (C=O) groups excluding carboxylic acids is 2. The van der Waals surface area contributed by atoms with E-state index in [4.69, 9.17) is 9.15 Å². The van der Waals surface area contributed by atoms with Crippen molar-refractivity contribution >= 4 is 23.2 Å². The fourth-order valence-electron chi connectivity index (χ4n) is 4.98. The van der Waals surface area contributed by atoms with Crippen LogP contribution in [0.25, 0.3) is 0 Å². The molecule has 0 fully saturated rings. The number of fused-ring (bicyclic) bond motifs is 2. The quantitative estimate of drug-likeness (QED) is 0.578. The monoisotopic (exact) mass is 457 g/mol. The Kier molecular flexibility index (Phi) is 5.69. The number of hydrogen-bond donors (Lipinski definition) is 1. The number of aryl methyl sites for hydroxylation is 1. The van der Waals surface area contributed by atoms with Gasteiger partial charge in [0.1, 0.15) is 11.5 Å². The van der Waals surface area contributed by atoms with Crippen LogP contribution < -0.4 is 15.1 Å². The first-order valence-electron chi connectivity index (χ1n) is 11.5. The van der Waals surface area contributed by atoms with Gasteiger partial charge in [-0.3, -0.25) is 9.59 Å². The first kappa shape index (κ1) is 21.9. The lowest BCUT2D eigenvalue weighted by molar-refractivity contribution is 0.0944. The molecule has 3 aromatic rings. The molecule has 1 atom stereocenters. The summed E-state index contributed by atoms with van der Waals surface area (Å²) in [7, 11) is 1.53. The molecule has 2 heterocycles. The second kappa shape index (κ2) is 8.82. The van der Waals surface area contributed by atoms with Crippen molar-refractivity contribution < 1.29 is 18.7 Å². The lowest BCUT2D eigenvalue weighted by Gasteiger charge is -2.21. The van der Waals surface area contributed by atoms with E-state index in [1.54, 1.807) is 18.2 Å². The number of amides is 2. The SMILES string of the molecule is COc1ccccc1C(=O)N/N=C1\CCCc2oc(C(=O)N3c4ccccc4CC3C)c(C)c21. The largest absolute Gasteiger partial charge is 0.496 e. The minimum atomic E-state index is -0.350. The van der Waals surface area contributed by atoms with E-state index < -0.39 is 0 Å². The molecule has 2 amide bonds. The summed E-state index contributed by atoms with van der Waals surface area (Å²) in [5.74, 6) is 1.09. The number of anilines is 1. The predicted octanol–water partition coefficient (Wildman–Crippen LogP) is 4.66. The molecule has 1 N–H and O–H groups in total. The predicted molar refractivity (Wildman–Crippen MR) is 130 cm³/mol. The molecule has 1 aliphatic carbocycles. The van der Waals surface area contributed by atoms with Gasteiger partial charge in [-0.15, -0.1) is 0 Å². The molecule has 0 radical (unpaired) electrons. The molecule has 1 aromatic heterocycles. The number of furan rings is 1. The van der Waals surface area contributed by atoms with Gasteiger partial charge in [0.05, 0.1) is 18.4 Å². The number of ether oxygens (including phenoxy) is 1. The van der Waals surface area contributed by atoms with Crippen molar-refractivity contribution in [2.45, 2.75) is 45.6 Å². The maximum atomic E-state index is 13.6. The number of benzene rings is 2. The molecule has 1 aliphatic heterocycles. The van der Waals surface area contributed by atoms with Gasteiger partial charge < -0.3 is 14.1 Å². The number of hydrazone groups is 1. The Labute approximate surface area is 198 Å². The van der Waals surface area contributed by atoms with Crippen molar-refractivity contribution in [1.82, 2.24) is 5.43 Å². The highest BCUT2D eigenvalue weighted by molar-refractivity contribution is 6.11. The summed E-state index contributed by atoms with van der Waals surface area (Å²) in [6.07, 6.45) is 3.08. The zero-order valence-corrected chi connectivity index (χ0v) is 19.6. The Morgan fingerprint density at radius 2 is 1.88 bits per heavy atom. The van der Waals surface area contributed by atoms with E-state index in [0.29, 0.717) is 23.5 Å². The van der Waals surface area contributed by atoms with Crippen LogP contribution in [0.15, 0.2) is 58.0 Å². The highest BCUT2D eigenvalue weighted by Crippen LogP contribution is 2.36. The Balaban J connectivity index is 1.44. The maximum absolute atomic E-state index is 13.6. The van der Waals surface area contributed by atoms with Crippen LogP contribution in [0.3, 0.4) is 0 Å². The molecule has 0 saturated heterocycles. The second-order valence-electron chi connectivity index (χ2n) is 8.76. The van der Waals surface area contributed by atoms with Gasteiger partial charge in [0.2, 0.25) is 0 Å². The van der Waals surface area contributed by atoms with Gasteiger partial charge in [0.25, 0.3) is 11.8 Å². The average Bonchev–Trinajstić information content (AvgIpc) is 3.38. The van der Waals surface area contributed by atoms with Gasteiger partial charge in [0, 0.05) is 29.3 Å². The lowest BCUT2D eigenvalue weighted by atomic mass is 9.93. The third kappa shape index (κ3) is 3.67. The smallest absolute Gasteiger partial charge is 0.294 e. The fraction of sp³-hybridized carbons (Fsp3) is 0.296. The molecule has 7 nitrogen and oxygen atoms in total. The average molecular weight is 458 g/mol. The Morgan fingerprint density at radius 1 is 1.12 bits per heavy atom. The van der Waals surface area contributed by atoms with Crippen molar-refractivity contribution in [2.24, 2.45) is 5.10 Å². The van der Waals surface area contributed by atoms with E-state index in [1.807, 2.05) is 36.1 Å². The molecule has 1 unspecified atom stereocenters. The molecule has 0 spiro atoms. The van der Waals surface area contributed by atoms with Crippen molar-refractivity contribution in [2.75, 3.05) is 12.0 Å². The zero-order valence-electron chi connectivity index (χ0n) is 19.6. The highest BCUT2D eigenvalue weighted by atomic mass is 16.5. The van der Waals surface area contributed by atoms with Gasteiger partial charge in [-0.2, -0.15) is 5.10 Å². The van der Waals surface area contributed by atoms with Crippen LogP contribution in [0.5, 0.6) is 5.75 Å². The van der Waals surface area contributed by atoms with Gasteiger partial charge in [-0.25, -0.2) is 5.43 Å². The summed E-state index contributed by atoms with van der Waals surface area (Å²) in [5.41, 5.74) is 7.48. The first-order chi connectivity index (χ1) is 16.5. The number of carbonyl (C=O) groups is 2. The lowest BCUT2D eigenvalue weighted by Crippen LogP contribution is -2.35. The van der Waals surface area contributed by atoms with E-state index in [1.165, 1.54) is 12.7 Å². The third-order valence-electron chi connectivity index (χ3n) is 6.59. The number of para-hydroxylation sites is 2. The number of hydrogen-bond acceptors (Lipinski definition) is 5. The maximum Gasteiger partial charge on any atom is 0.294 e. The van der Waals surface area contributed by atoms with Crippen molar-refractivity contribution in [1.29, 1.82) is 0 Å². The molecule has 34 heavy (non-hydrogen) atoms. The minimum absolute atomic E-state index is 0.0553. The van der Waals surface area contributed by atoms with Crippen molar-refractivity contribution in [3.05, 3.63) is 82.3 Å². The molecule has 174 valence electrons. The van der Waals surface area contributed by atoms with Crippen LogP contribution >= 0.6 is 0 Å². The van der Waals surface area contributed by atoms with Gasteiger partial charge in [-0.1, -0.05) is 30.3 Å². The zero-order chi connectivity index (χ0) is 23.8. The molecule has 5 rings (SSSR count). The molecule has 0 bridgehead atoms. The van der Waals surface area contributed by atoms with Crippen LogP contribution in [-0.4, -0.2) is 30.7 Å². The van der Waals surface area contributed by atoms with Gasteiger partial charge in [0.15, 0.2) is 5.76 Å². The van der Waals surface area contributed by atoms with E-state index >= 15 is 0 Å². The molecule has 7 heteroatoms. The van der Waals surface area contributed by atoms with Crippen LogP contribution in [0.4, 0.5) is 5.69 Å². The minimum Gasteiger partial charge on any atom is -0.496 e. The fourth-order valence-corrected chi connectivity index (χ4v) is 4.98. The van der Waals surface area contributed by atoms with E-state index in [0.717, 1.165) is 47.5 Å². The van der Waals surface area contributed by atoms with Crippen LogP contribution in [0.2, 0.25) is 0 Å². The molecule has 2 aliphatic rings. The summed E-state index contributed by atoms with van der Waals surface area (Å²) in [5, 5.41) is 4.43. The van der Waals surface area contributed by atoms with Crippen molar-refractivity contribution in [3.63, 3.8) is 0 Å². The molecule has 0 saturated carbocycles. The summed E-state index contributed by atoms with van der Waals surface area (Å²) in [4.78, 5) is 28.1. The number of nitrogens with zero attached hydrogens (tertiary/aromatic N) is 2.